The number of aromatic nitrogens is 2. The lowest BCUT2D eigenvalue weighted by Crippen LogP contribution is -2.04. The number of methoxy groups -OCH3 is 1. The van der Waals surface area contributed by atoms with Crippen molar-refractivity contribution in [2.45, 2.75) is 13.5 Å². The van der Waals surface area contributed by atoms with Gasteiger partial charge in [-0.2, -0.15) is 5.10 Å². The van der Waals surface area contributed by atoms with Crippen LogP contribution in [0.3, 0.4) is 0 Å². The van der Waals surface area contributed by atoms with E-state index in [-0.39, 0.29) is 0 Å². The minimum absolute atomic E-state index is 0.370. The number of hydrogen-bond acceptors (Lipinski definition) is 3. The molecule has 0 unspecified atom stereocenters. The molecule has 0 saturated heterocycles. The fourth-order valence-electron chi connectivity index (χ4n) is 2.57. The number of benzene rings is 2. The molecule has 0 spiro atoms. The van der Waals surface area contributed by atoms with Gasteiger partial charge in [0.25, 0.3) is 0 Å². The standard InChI is InChI=1S/C18H18ClN3O/c1-12-7-8-13(19)9-16(12)22-17(10-14(11-20)21-22)15-5-3-4-6-18(15)23-2/h3-10H,11,20H2,1-2H3. The summed E-state index contributed by atoms with van der Waals surface area (Å²) in [5.74, 6) is 0.789. The van der Waals surface area contributed by atoms with Crippen LogP contribution in [0.5, 0.6) is 5.75 Å². The number of halogens is 1. The van der Waals surface area contributed by atoms with E-state index in [9.17, 15) is 0 Å². The maximum absolute atomic E-state index is 6.17. The van der Waals surface area contributed by atoms with Gasteiger partial charge in [-0.1, -0.05) is 29.8 Å². The number of nitrogens with two attached hydrogens (primary N) is 1. The molecule has 0 fully saturated rings. The SMILES string of the molecule is COc1ccccc1-c1cc(CN)nn1-c1cc(Cl)ccc1C. The van der Waals surface area contributed by atoms with Crippen molar-refractivity contribution in [3.63, 3.8) is 0 Å². The largest absolute Gasteiger partial charge is 0.496 e. The molecule has 2 aromatic carbocycles. The molecule has 1 heterocycles. The van der Waals surface area contributed by atoms with Crippen LogP contribution in [0.1, 0.15) is 11.3 Å². The second kappa shape index (κ2) is 6.44. The summed E-state index contributed by atoms with van der Waals surface area (Å²) in [5.41, 5.74) is 10.5. The van der Waals surface area contributed by atoms with Crippen molar-refractivity contribution in [1.29, 1.82) is 0 Å². The molecule has 5 heteroatoms. The Kier molecular flexibility index (Phi) is 4.37. The van der Waals surface area contributed by atoms with Gasteiger partial charge in [-0.05, 0) is 42.8 Å². The van der Waals surface area contributed by atoms with E-state index >= 15 is 0 Å². The number of nitrogens with zero attached hydrogens (tertiary/aromatic N) is 2. The minimum atomic E-state index is 0.370. The smallest absolute Gasteiger partial charge is 0.128 e. The highest BCUT2D eigenvalue weighted by molar-refractivity contribution is 6.30. The Morgan fingerprint density at radius 3 is 2.70 bits per heavy atom. The summed E-state index contributed by atoms with van der Waals surface area (Å²) in [6, 6.07) is 15.6. The quantitative estimate of drug-likeness (QED) is 0.789. The molecule has 0 bridgehead atoms. The number of hydrogen-bond donors (Lipinski definition) is 1. The predicted octanol–water partition coefficient (Wildman–Crippen LogP) is 3.97. The van der Waals surface area contributed by atoms with Crippen LogP contribution < -0.4 is 10.5 Å². The molecule has 0 aliphatic heterocycles. The molecule has 0 radical (unpaired) electrons. The topological polar surface area (TPSA) is 53.1 Å². The van der Waals surface area contributed by atoms with E-state index in [1.807, 2.05) is 60.1 Å². The second-order valence-electron chi connectivity index (χ2n) is 5.27. The summed E-state index contributed by atoms with van der Waals surface area (Å²) in [7, 11) is 1.66. The van der Waals surface area contributed by atoms with Crippen molar-refractivity contribution in [2.24, 2.45) is 5.73 Å². The predicted molar refractivity (Wildman–Crippen MR) is 93.2 cm³/mol. The van der Waals surface area contributed by atoms with Crippen molar-refractivity contribution < 1.29 is 4.74 Å². The normalized spacial score (nSPS) is 10.8. The molecule has 23 heavy (non-hydrogen) atoms. The lowest BCUT2D eigenvalue weighted by Gasteiger charge is -2.13. The molecule has 1 aromatic heterocycles. The zero-order valence-corrected chi connectivity index (χ0v) is 13.8. The van der Waals surface area contributed by atoms with Crippen molar-refractivity contribution in [2.75, 3.05) is 7.11 Å². The fraction of sp³-hybridized carbons (Fsp3) is 0.167. The van der Waals surface area contributed by atoms with E-state index in [1.165, 1.54) is 0 Å². The van der Waals surface area contributed by atoms with Crippen LogP contribution in [-0.4, -0.2) is 16.9 Å². The number of para-hydroxylation sites is 1. The molecule has 2 N–H and O–H groups in total. The molecule has 3 rings (SSSR count). The zero-order valence-electron chi connectivity index (χ0n) is 13.1. The first-order valence-corrected chi connectivity index (χ1v) is 7.70. The summed E-state index contributed by atoms with van der Waals surface area (Å²) < 4.78 is 7.37. The first-order chi connectivity index (χ1) is 11.1. The van der Waals surface area contributed by atoms with Crippen LogP contribution in [0.25, 0.3) is 16.9 Å². The van der Waals surface area contributed by atoms with Gasteiger partial charge in [0.15, 0.2) is 0 Å². The Morgan fingerprint density at radius 1 is 1.17 bits per heavy atom. The van der Waals surface area contributed by atoms with Gasteiger partial charge in [0.1, 0.15) is 5.75 Å². The molecular formula is C18H18ClN3O. The van der Waals surface area contributed by atoms with Crippen molar-refractivity contribution in [1.82, 2.24) is 9.78 Å². The fourth-order valence-corrected chi connectivity index (χ4v) is 2.74. The lowest BCUT2D eigenvalue weighted by atomic mass is 10.1. The van der Waals surface area contributed by atoms with E-state index < -0.39 is 0 Å². The summed E-state index contributed by atoms with van der Waals surface area (Å²) in [5, 5.41) is 5.30. The zero-order chi connectivity index (χ0) is 16.4. The second-order valence-corrected chi connectivity index (χ2v) is 5.70. The Labute approximate surface area is 140 Å². The van der Waals surface area contributed by atoms with Crippen LogP contribution in [0.15, 0.2) is 48.5 Å². The van der Waals surface area contributed by atoms with Crippen LogP contribution in [0.2, 0.25) is 5.02 Å². The van der Waals surface area contributed by atoms with Crippen molar-refractivity contribution >= 4 is 11.6 Å². The Morgan fingerprint density at radius 2 is 1.96 bits per heavy atom. The third kappa shape index (κ3) is 2.96. The van der Waals surface area contributed by atoms with Gasteiger partial charge in [0, 0.05) is 17.1 Å². The van der Waals surface area contributed by atoms with E-state index in [4.69, 9.17) is 22.1 Å². The first kappa shape index (κ1) is 15.6. The third-order valence-corrected chi connectivity index (χ3v) is 3.99. The van der Waals surface area contributed by atoms with Crippen molar-refractivity contribution in [3.05, 3.63) is 64.8 Å². The highest BCUT2D eigenvalue weighted by atomic mass is 35.5. The van der Waals surface area contributed by atoms with Gasteiger partial charge in [-0.15, -0.1) is 0 Å². The Balaban J connectivity index is 2.26. The molecule has 3 aromatic rings. The summed E-state index contributed by atoms with van der Waals surface area (Å²) in [6.07, 6.45) is 0. The minimum Gasteiger partial charge on any atom is -0.496 e. The highest BCUT2D eigenvalue weighted by Gasteiger charge is 2.16. The molecule has 0 aliphatic rings. The average molecular weight is 328 g/mol. The van der Waals surface area contributed by atoms with Crippen LogP contribution in [0.4, 0.5) is 0 Å². The van der Waals surface area contributed by atoms with E-state index in [0.717, 1.165) is 34.0 Å². The monoisotopic (exact) mass is 327 g/mol. The third-order valence-electron chi connectivity index (χ3n) is 3.75. The number of rotatable bonds is 4. The summed E-state index contributed by atoms with van der Waals surface area (Å²) in [4.78, 5) is 0. The van der Waals surface area contributed by atoms with Gasteiger partial charge in [0.2, 0.25) is 0 Å². The lowest BCUT2D eigenvalue weighted by molar-refractivity contribution is 0.416. The number of aryl methyl sites for hydroxylation is 1. The molecule has 0 saturated carbocycles. The summed E-state index contributed by atoms with van der Waals surface area (Å²) >= 11 is 6.17. The maximum Gasteiger partial charge on any atom is 0.128 e. The van der Waals surface area contributed by atoms with Gasteiger partial charge in [-0.25, -0.2) is 4.68 Å². The van der Waals surface area contributed by atoms with Gasteiger partial charge >= 0.3 is 0 Å². The molecule has 0 amide bonds. The Bertz CT molecular complexity index is 842. The maximum atomic E-state index is 6.17. The van der Waals surface area contributed by atoms with Crippen LogP contribution in [0, 0.1) is 6.92 Å². The van der Waals surface area contributed by atoms with Crippen LogP contribution >= 0.6 is 11.6 Å². The first-order valence-electron chi connectivity index (χ1n) is 7.33. The number of ether oxygens (including phenoxy) is 1. The van der Waals surface area contributed by atoms with E-state index in [1.54, 1.807) is 7.11 Å². The van der Waals surface area contributed by atoms with Gasteiger partial charge < -0.3 is 10.5 Å². The molecule has 0 atom stereocenters. The Hall–Kier alpha value is -2.30. The molecule has 4 nitrogen and oxygen atoms in total. The van der Waals surface area contributed by atoms with Crippen LogP contribution in [-0.2, 0) is 6.54 Å². The van der Waals surface area contributed by atoms with E-state index in [0.29, 0.717) is 11.6 Å². The van der Waals surface area contributed by atoms with E-state index in [2.05, 4.69) is 5.10 Å². The summed E-state index contributed by atoms with van der Waals surface area (Å²) in [6.45, 7) is 2.40. The van der Waals surface area contributed by atoms with Crippen molar-refractivity contribution in [3.8, 4) is 22.7 Å². The molecule has 0 aliphatic carbocycles. The average Bonchev–Trinajstić information content (AvgIpc) is 3.01. The molecular weight excluding hydrogens is 310 g/mol. The van der Waals surface area contributed by atoms with Gasteiger partial charge in [-0.3, -0.25) is 0 Å². The molecule has 118 valence electrons. The highest BCUT2D eigenvalue weighted by Crippen LogP contribution is 2.33. The van der Waals surface area contributed by atoms with Gasteiger partial charge in [0.05, 0.1) is 24.2 Å².